The number of nitrogens with one attached hydrogen (secondary N) is 2. The van der Waals surface area contributed by atoms with E-state index >= 15 is 0 Å². The standard InChI is InChI=1S/C22H27N7OS.C21H25N7OS/c1-7-29-19(10-18(27-29)22(3,4)5)26-21-25-16(12-31-21)15-8-9-17(20(24-15)30-6)28-11-14(2)23-13-28;1-13-10-28(12-22-13)16-8-7-14(23-19(16)29-6)15-11-30-20(24-15)25-18-9-17(21(2,3)4)26-27(18)5/h8-13H,7H2,1-6H3,(H,25,26);7-12H,1-6H3,(H,24,25). The van der Waals surface area contributed by atoms with Crippen molar-refractivity contribution in [1.29, 1.82) is 0 Å². The van der Waals surface area contributed by atoms with Gasteiger partial charge in [0.1, 0.15) is 34.4 Å². The topological polar surface area (TPSA) is 165 Å². The normalized spacial score (nSPS) is 11.7. The fourth-order valence-corrected chi connectivity index (χ4v) is 7.57. The first-order valence-corrected chi connectivity index (χ1v) is 21.5. The van der Waals surface area contributed by atoms with Gasteiger partial charge in [-0.25, -0.2) is 34.6 Å². The van der Waals surface area contributed by atoms with E-state index in [1.807, 2.05) is 86.8 Å². The van der Waals surface area contributed by atoms with Gasteiger partial charge in [0.25, 0.3) is 0 Å². The van der Waals surface area contributed by atoms with Crippen LogP contribution in [0, 0.1) is 13.8 Å². The minimum absolute atomic E-state index is 0.0122. The Morgan fingerprint density at radius 2 is 1.08 bits per heavy atom. The van der Waals surface area contributed by atoms with Crippen LogP contribution < -0.4 is 20.1 Å². The van der Waals surface area contributed by atoms with Gasteiger partial charge in [-0.05, 0) is 45.0 Å². The number of methoxy groups -OCH3 is 2. The number of aryl methyl sites for hydroxylation is 4. The molecular formula is C43H52N14O2S2. The second-order valence-corrected chi connectivity index (χ2v) is 18.1. The first-order valence-electron chi connectivity index (χ1n) is 19.7. The second kappa shape index (κ2) is 17.3. The van der Waals surface area contributed by atoms with Crippen LogP contribution in [0.5, 0.6) is 11.8 Å². The Labute approximate surface area is 363 Å². The van der Waals surface area contributed by atoms with Crippen LogP contribution in [-0.2, 0) is 24.4 Å². The third-order valence-corrected chi connectivity index (χ3v) is 11.1. The fraction of sp³-hybridized carbons (Fsp3) is 0.349. The Hall–Kier alpha value is -6.40. The molecule has 8 rings (SSSR count). The average molecular weight is 861 g/mol. The Bertz CT molecular complexity index is 2760. The quantitative estimate of drug-likeness (QED) is 0.127. The number of imidazole rings is 2. The van der Waals surface area contributed by atoms with E-state index in [-0.39, 0.29) is 10.8 Å². The van der Waals surface area contributed by atoms with Crippen LogP contribution >= 0.6 is 22.7 Å². The van der Waals surface area contributed by atoms with E-state index in [0.717, 1.165) is 85.4 Å². The number of aromatic nitrogens is 12. The number of hydrogen-bond acceptors (Lipinski definition) is 14. The first kappa shape index (κ1) is 42.7. The van der Waals surface area contributed by atoms with Gasteiger partial charge < -0.3 is 29.2 Å². The highest BCUT2D eigenvalue weighted by atomic mass is 32.1. The third-order valence-electron chi connectivity index (χ3n) is 9.55. The number of pyridine rings is 2. The van der Waals surface area contributed by atoms with E-state index in [2.05, 4.69) is 96.3 Å². The molecule has 8 aromatic rings. The van der Waals surface area contributed by atoms with Crippen molar-refractivity contribution in [1.82, 2.24) is 58.6 Å². The lowest BCUT2D eigenvalue weighted by Gasteiger charge is -2.13. The Morgan fingerprint density at radius 3 is 1.49 bits per heavy atom. The molecule has 0 aliphatic rings. The predicted octanol–water partition coefficient (Wildman–Crippen LogP) is 9.45. The summed E-state index contributed by atoms with van der Waals surface area (Å²) in [6.45, 7) is 19.7. The molecular weight excluding hydrogens is 809 g/mol. The zero-order chi connectivity index (χ0) is 43.6. The largest absolute Gasteiger partial charge is 0.479 e. The van der Waals surface area contributed by atoms with Gasteiger partial charge in [0.2, 0.25) is 11.8 Å². The minimum Gasteiger partial charge on any atom is -0.479 e. The number of hydrogen-bond donors (Lipinski definition) is 2. The van der Waals surface area contributed by atoms with E-state index in [1.165, 1.54) is 22.7 Å². The summed E-state index contributed by atoms with van der Waals surface area (Å²) in [5.41, 5.74) is 8.66. The highest BCUT2D eigenvalue weighted by Gasteiger charge is 2.22. The summed E-state index contributed by atoms with van der Waals surface area (Å²) in [5, 5.41) is 21.6. The number of thiazole rings is 2. The van der Waals surface area contributed by atoms with Crippen molar-refractivity contribution in [3.63, 3.8) is 0 Å². The monoisotopic (exact) mass is 860 g/mol. The molecule has 0 amide bonds. The zero-order valence-electron chi connectivity index (χ0n) is 36.6. The van der Waals surface area contributed by atoms with E-state index in [0.29, 0.717) is 11.8 Å². The van der Waals surface area contributed by atoms with Crippen LogP contribution in [0.2, 0.25) is 0 Å². The number of ether oxygens (including phenoxy) is 2. The Balaban J connectivity index is 0.000000184. The van der Waals surface area contributed by atoms with Gasteiger partial charge >= 0.3 is 0 Å². The van der Waals surface area contributed by atoms with Crippen molar-refractivity contribution in [2.45, 2.75) is 79.7 Å². The molecule has 8 heterocycles. The molecule has 0 bridgehead atoms. The maximum Gasteiger partial charge on any atom is 0.238 e. The van der Waals surface area contributed by atoms with Crippen LogP contribution in [0.25, 0.3) is 34.2 Å². The molecule has 318 valence electrons. The molecule has 61 heavy (non-hydrogen) atoms. The molecule has 0 aliphatic heterocycles. The lowest BCUT2D eigenvalue weighted by atomic mass is 9.92. The van der Waals surface area contributed by atoms with Crippen molar-refractivity contribution >= 4 is 44.6 Å². The Morgan fingerprint density at radius 1 is 0.623 bits per heavy atom. The summed E-state index contributed by atoms with van der Waals surface area (Å²) in [4.78, 5) is 27.3. The van der Waals surface area contributed by atoms with Gasteiger partial charge in [-0.1, -0.05) is 41.5 Å². The molecule has 0 saturated carbocycles. The van der Waals surface area contributed by atoms with Gasteiger partial charge in [0.05, 0.1) is 61.0 Å². The highest BCUT2D eigenvalue weighted by Crippen LogP contribution is 2.33. The number of anilines is 4. The molecule has 0 radical (unpaired) electrons. The van der Waals surface area contributed by atoms with Crippen LogP contribution in [0.1, 0.15) is 71.2 Å². The molecule has 0 fully saturated rings. The van der Waals surface area contributed by atoms with Gasteiger partial charge in [-0.15, -0.1) is 22.7 Å². The smallest absolute Gasteiger partial charge is 0.238 e. The van der Waals surface area contributed by atoms with Gasteiger partial charge in [-0.2, -0.15) is 10.2 Å². The number of rotatable bonds is 11. The van der Waals surface area contributed by atoms with Crippen LogP contribution in [-0.4, -0.2) is 72.8 Å². The minimum atomic E-state index is -0.0130. The maximum atomic E-state index is 5.53. The second-order valence-electron chi connectivity index (χ2n) is 16.4. The lowest BCUT2D eigenvalue weighted by Crippen LogP contribution is -2.12. The average Bonchev–Trinajstić information content (AvgIpc) is 4.09. The first-order chi connectivity index (χ1) is 29.0. The van der Waals surface area contributed by atoms with Crippen LogP contribution in [0.15, 0.2) is 72.2 Å². The molecule has 0 aliphatic carbocycles. The van der Waals surface area contributed by atoms with Crippen molar-refractivity contribution in [2.75, 3.05) is 24.9 Å². The van der Waals surface area contributed by atoms with Crippen LogP contribution in [0.4, 0.5) is 21.9 Å². The lowest BCUT2D eigenvalue weighted by molar-refractivity contribution is 0.396. The maximum absolute atomic E-state index is 5.53. The molecule has 0 unspecified atom stereocenters. The highest BCUT2D eigenvalue weighted by molar-refractivity contribution is 7.14. The zero-order valence-corrected chi connectivity index (χ0v) is 38.3. The summed E-state index contributed by atoms with van der Waals surface area (Å²) in [6.07, 6.45) is 7.37. The summed E-state index contributed by atoms with van der Waals surface area (Å²) in [5.74, 6) is 2.88. The number of nitrogens with zero attached hydrogens (tertiary/aromatic N) is 12. The molecule has 2 N–H and O–H groups in total. The predicted molar refractivity (Wildman–Crippen MR) is 243 cm³/mol. The molecule has 16 nitrogen and oxygen atoms in total. The van der Waals surface area contributed by atoms with E-state index in [4.69, 9.17) is 24.5 Å². The summed E-state index contributed by atoms with van der Waals surface area (Å²) >= 11 is 3.06. The Kier molecular flexibility index (Phi) is 12.1. The SMILES string of the molecule is CCn1nc(C(C)(C)C)cc1Nc1nc(-c2ccc(-n3cnc(C)c3)c(OC)n2)cs1.COc1nc(-c2csc(Nc3cc(C(C)(C)C)nn3C)n2)ccc1-n1cnc(C)c1. The van der Waals surface area contributed by atoms with Gasteiger partial charge in [0, 0.05) is 59.7 Å². The van der Waals surface area contributed by atoms with Crippen molar-refractivity contribution in [3.05, 3.63) is 95.0 Å². The van der Waals surface area contributed by atoms with Gasteiger partial charge in [0.15, 0.2) is 10.3 Å². The van der Waals surface area contributed by atoms with Crippen molar-refractivity contribution < 1.29 is 9.47 Å². The van der Waals surface area contributed by atoms with Gasteiger partial charge in [-0.3, -0.25) is 4.68 Å². The molecule has 0 spiro atoms. The summed E-state index contributed by atoms with van der Waals surface area (Å²) in [7, 11) is 5.16. The summed E-state index contributed by atoms with van der Waals surface area (Å²) in [6, 6.07) is 12.0. The fourth-order valence-electron chi connectivity index (χ4n) is 6.14. The van der Waals surface area contributed by atoms with E-state index < -0.39 is 0 Å². The van der Waals surface area contributed by atoms with E-state index in [9.17, 15) is 0 Å². The van der Waals surface area contributed by atoms with Crippen molar-refractivity contribution in [3.8, 4) is 45.9 Å². The molecule has 0 atom stereocenters. The third kappa shape index (κ3) is 9.65. The molecule has 8 aromatic heterocycles. The molecule has 18 heteroatoms. The summed E-state index contributed by atoms with van der Waals surface area (Å²) < 4.78 is 18.6. The van der Waals surface area contributed by atoms with E-state index in [1.54, 1.807) is 26.9 Å². The molecule has 0 aromatic carbocycles. The van der Waals surface area contributed by atoms with Crippen LogP contribution in [0.3, 0.4) is 0 Å². The van der Waals surface area contributed by atoms with Crippen molar-refractivity contribution in [2.24, 2.45) is 7.05 Å². The molecule has 0 saturated heterocycles.